The fraction of sp³-hybridized carbons (Fsp3) is 0.0833. The number of aromatic amines is 1. The highest BCUT2D eigenvalue weighted by molar-refractivity contribution is 7.98. The van der Waals surface area contributed by atoms with Gasteiger partial charge in [0.15, 0.2) is 5.16 Å². The number of carboxylic acid groups (broad SMARTS) is 1. The smallest absolute Gasteiger partial charge is 0.328 e. The maximum atomic E-state index is 10.4. The fourth-order valence-corrected chi connectivity index (χ4v) is 2.04. The van der Waals surface area contributed by atoms with Gasteiger partial charge in [0.05, 0.1) is 0 Å². The lowest BCUT2D eigenvalue weighted by Gasteiger charge is -1.99. The predicted molar refractivity (Wildman–Crippen MR) is 69.1 cm³/mol. The number of thioether (sulfide) groups is 1. The van der Waals surface area contributed by atoms with E-state index < -0.39 is 5.97 Å². The Balaban J connectivity index is 1.93. The van der Waals surface area contributed by atoms with Gasteiger partial charge in [-0.1, -0.05) is 36.0 Å². The lowest BCUT2D eigenvalue weighted by molar-refractivity contribution is -0.131. The summed E-state index contributed by atoms with van der Waals surface area (Å²) in [6.07, 6.45) is 4.16. The van der Waals surface area contributed by atoms with E-state index in [9.17, 15) is 4.79 Å². The van der Waals surface area contributed by atoms with E-state index in [-0.39, 0.29) is 0 Å². The van der Waals surface area contributed by atoms with Crippen molar-refractivity contribution in [3.05, 3.63) is 47.8 Å². The third kappa shape index (κ3) is 3.74. The summed E-state index contributed by atoms with van der Waals surface area (Å²) >= 11 is 1.56. The first kappa shape index (κ1) is 12.4. The Labute approximate surface area is 108 Å². The zero-order valence-electron chi connectivity index (χ0n) is 9.41. The fourth-order valence-electron chi connectivity index (χ4n) is 1.31. The Morgan fingerprint density at radius 1 is 1.39 bits per heavy atom. The first-order chi connectivity index (χ1) is 8.74. The second-order valence-corrected chi connectivity index (χ2v) is 4.46. The van der Waals surface area contributed by atoms with Crippen LogP contribution in [0.25, 0.3) is 6.08 Å². The number of H-pyrrole nitrogens is 1. The van der Waals surface area contributed by atoms with E-state index in [1.54, 1.807) is 17.8 Å². The Morgan fingerprint density at radius 2 is 2.17 bits per heavy atom. The van der Waals surface area contributed by atoms with Gasteiger partial charge in [-0.2, -0.15) is 5.10 Å². The second-order valence-electron chi connectivity index (χ2n) is 3.49. The van der Waals surface area contributed by atoms with Crippen molar-refractivity contribution in [2.24, 2.45) is 0 Å². The Morgan fingerprint density at radius 3 is 2.78 bits per heavy atom. The number of carbonyl (C=O) groups is 1. The maximum Gasteiger partial charge on any atom is 0.328 e. The molecule has 6 heteroatoms. The number of aromatic nitrogens is 3. The standard InChI is InChI=1S/C12H11N3O2S/c16-11(17)6-5-9-1-3-10(4-2-9)7-18-12-13-8-14-15-12/h1-6,8H,7H2,(H,16,17)(H,13,14,15)/b6-5+. The Kier molecular flexibility index (Phi) is 4.14. The molecule has 0 unspecified atom stereocenters. The third-order valence-corrected chi connectivity index (χ3v) is 3.11. The van der Waals surface area contributed by atoms with Gasteiger partial charge in [0.25, 0.3) is 0 Å². The van der Waals surface area contributed by atoms with Crippen molar-refractivity contribution in [2.45, 2.75) is 10.9 Å². The number of aliphatic carboxylic acids is 1. The molecule has 1 heterocycles. The molecule has 2 aromatic rings. The Hall–Kier alpha value is -2.08. The number of benzene rings is 1. The molecule has 0 atom stereocenters. The van der Waals surface area contributed by atoms with Crippen molar-refractivity contribution in [3.8, 4) is 0 Å². The van der Waals surface area contributed by atoms with Crippen LogP contribution in [0.4, 0.5) is 0 Å². The average Bonchev–Trinajstić information content (AvgIpc) is 2.88. The van der Waals surface area contributed by atoms with Crippen molar-refractivity contribution in [1.29, 1.82) is 0 Å². The first-order valence-electron chi connectivity index (χ1n) is 5.22. The van der Waals surface area contributed by atoms with Gasteiger partial charge in [-0.25, -0.2) is 9.78 Å². The lowest BCUT2D eigenvalue weighted by Crippen LogP contribution is -1.86. The van der Waals surface area contributed by atoms with Crippen molar-refractivity contribution in [1.82, 2.24) is 15.2 Å². The molecule has 0 aliphatic heterocycles. The van der Waals surface area contributed by atoms with Crippen LogP contribution in [0.3, 0.4) is 0 Å². The molecule has 0 aliphatic rings. The van der Waals surface area contributed by atoms with Crippen LogP contribution in [0, 0.1) is 0 Å². The highest BCUT2D eigenvalue weighted by Crippen LogP contribution is 2.18. The van der Waals surface area contributed by atoms with Crippen molar-refractivity contribution >= 4 is 23.8 Å². The summed E-state index contributed by atoms with van der Waals surface area (Å²) < 4.78 is 0. The molecule has 0 aliphatic carbocycles. The van der Waals surface area contributed by atoms with Crippen molar-refractivity contribution < 1.29 is 9.90 Å². The number of nitrogens with zero attached hydrogens (tertiary/aromatic N) is 2. The summed E-state index contributed by atoms with van der Waals surface area (Å²) in [5, 5.41) is 15.8. The molecule has 1 aromatic carbocycles. The summed E-state index contributed by atoms with van der Waals surface area (Å²) in [5.74, 6) is -0.155. The van der Waals surface area contributed by atoms with E-state index in [1.165, 1.54) is 6.33 Å². The van der Waals surface area contributed by atoms with Crippen LogP contribution in [-0.2, 0) is 10.5 Å². The third-order valence-electron chi connectivity index (χ3n) is 2.17. The van der Waals surface area contributed by atoms with Gasteiger partial charge in [0.1, 0.15) is 6.33 Å². The zero-order valence-corrected chi connectivity index (χ0v) is 10.2. The van der Waals surface area contributed by atoms with E-state index >= 15 is 0 Å². The molecule has 2 rings (SSSR count). The van der Waals surface area contributed by atoms with E-state index in [2.05, 4.69) is 15.2 Å². The van der Waals surface area contributed by atoms with Crippen LogP contribution in [0.1, 0.15) is 11.1 Å². The Bertz CT molecular complexity index is 535. The van der Waals surface area contributed by atoms with Crippen LogP contribution < -0.4 is 0 Å². The first-order valence-corrected chi connectivity index (χ1v) is 6.21. The van der Waals surface area contributed by atoms with Crippen molar-refractivity contribution in [3.63, 3.8) is 0 Å². The molecule has 18 heavy (non-hydrogen) atoms. The normalized spacial score (nSPS) is 10.9. The van der Waals surface area contributed by atoms with Gasteiger partial charge in [0.2, 0.25) is 0 Å². The van der Waals surface area contributed by atoms with Crippen molar-refractivity contribution in [2.75, 3.05) is 0 Å². The molecular formula is C12H11N3O2S. The monoisotopic (exact) mass is 261 g/mol. The number of hydrogen-bond acceptors (Lipinski definition) is 4. The molecule has 0 bridgehead atoms. The van der Waals surface area contributed by atoms with E-state index in [0.717, 1.165) is 28.1 Å². The minimum Gasteiger partial charge on any atom is -0.478 e. The minimum atomic E-state index is -0.944. The van der Waals surface area contributed by atoms with Gasteiger partial charge >= 0.3 is 5.97 Å². The molecule has 92 valence electrons. The minimum absolute atomic E-state index is 0.782. The summed E-state index contributed by atoms with van der Waals surface area (Å²) in [4.78, 5) is 14.4. The summed E-state index contributed by atoms with van der Waals surface area (Å²) in [6.45, 7) is 0. The highest BCUT2D eigenvalue weighted by atomic mass is 32.2. The molecular weight excluding hydrogens is 250 g/mol. The topological polar surface area (TPSA) is 78.9 Å². The van der Waals surface area contributed by atoms with Gasteiger partial charge < -0.3 is 5.11 Å². The van der Waals surface area contributed by atoms with Gasteiger partial charge in [-0.3, -0.25) is 5.10 Å². The SMILES string of the molecule is O=C(O)/C=C/c1ccc(CSc2ncn[nH]2)cc1. The van der Waals surface area contributed by atoms with Crippen LogP contribution in [0.5, 0.6) is 0 Å². The van der Waals surface area contributed by atoms with Crippen LogP contribution in [0.2, 0.25) is 0 Å². The maximum absolute atomic E-state index is 10.4. The number of rotatable bonds is 5. The molecule has 0 amide bonds. The van der Waals surface area contributed by atoms with E-state index in [4.69, 9.17) is 5.11 Å². The largest absolute Gasteiger partial charge is 0.478 e. The van der Waals surface area contributed by atoms with E-state index in [0.29, 0.717) is 0 Å². The molecule has 0 radical (unpaired) electrons. The molecule has 1 aromatic heterocycles. The predicted octanol–water partition coefficient (Wildman–Crippen LogP) is 2.19. The summed E-state index contributed by atoms with van der Waals surface area (Å²) in [6, 6.07) is 7.70. The number of nitrogens with one attached hydrogen (secondary N) is 1. The number of hydrogen-bond donors (Lipinski definition) is 2. The zero-order chi connectivity index (χ0) is 12.8. The van der Waals surface area contributed by atoms with Gasteiger partial charge in [-0.15, -0.1) is 0 Å². The van der Waals surface area contributed by atoms with Gasteiger partial charge in [0, 0.05) is 11.8 Å². The van der Waals surface area contributed by atoms with Gasteiger partial charge in [-0.05, 0) is 17.2 Å². The molecule has 0 spiro atoms. The lowest BCUT2D eigenvalue weighted by atomic mass is 10.1. The molecule has 0 fully saturated rings. The van der Waals surface area contributed by atoms with Crippen LogP contribution in [0.15, 0.2) is 41.8 Å². The van der Waals surface area contributed by atoms with Crippen LogP contribution in [-0.4, -0.2) is 26.3 Å². The summed E-state index contributed by atoms with van der Waals surface area (Å²) in [7, 11) is 0. The number of carboxylic acids is 1. The quantitative estimate of drug-likeness (QED) is 0.637. The highest BCUT2D eigenvalue weighted by Gasteiger charge is 1.98. The van der Waals surface area contributed by atoms with Crippen LogP contribution >= 0.6 is 11.8 Å². The van der Waals surface area contributed by atoms with E-state index in [1.807, 2.05) is 24.3 Å². The summed E-state index contributed by atoms with van der Waals surface area (Å²) in [5.41, 5.74) is 2.01. The second kappa shape index (κ2) is 6.02. The molecule has 0 saturated carbocycles. The molecule has 2 N–H and O–H groups in total. The molecule has 0 saturated heterocycles. The average molecular weight is 261 g/mol. The molecule has 5 nitrogen and oxygen atoms in total.